The number of hydrogen-bond donors (Lipinski definition) is 0. The van der Waals surface area contributed by atoms with Gasteiger partial charge in [-0.3, -0.25) is 4.79 Å². The van der Waals surface area contributed by atoms with Crippen molar-refractivity contribution in [2.24, 2.45) is 10.8 Å². The van der Waals surface area contributed by atoms with Gasteiger partial charge in [-0.25, -0.2) is 8.78 Å². The third-order valence-corrected chi connectivity index (χ3v) is 3.84. The van der Waals surface area contributed by atoms with Gasteiger partial charge in [0.15, 0.2) is 5.78 Å². The van der Waals surface area contributed by atoms with E-state index in [0.29, 0.717) is 20.3 Å². The Hall–Kier alpha value is -0.720. The average molecular weight is 318 g/mol. The topological polar surface area (TPSA) is 26.3 Å². The molecule has 1 unspecified atom stereocenters. The number of ether oxygens (including phenoxy) is 1. The number of Topliss-reactive ketones (excluding diaryl/α,β-unsaturated/α-hetero) is 1. The van der Waals surface area contributed by atoms with E-state index in [1.165, 1.54) is 6.92 Å². The van der Waals surface area contributed by atoms with Crippen LogP contribution in [0.2, 0.25) is 0 Å². The third kappa shape index (κ3) is 3.55. The van der Waals surface area contributed by atoms with Crippen molar-refractivity contribution in [3.63, 3.8) is 0 Å². The normalized spacial score (nSPS) is 16.0. The van der Waals surface area contributed by atoms with Crippen LogP contribution in [0.5, 0.6) is 0 Å². The first-order valence-electron chi connectivity index (χ1n) is 6.75. The maximum Gasteiger partial charge on any atom is 0.399 e. The molecular weight excluding hydrogens is 295 g/mol. The van der Waals surface area contributed by atoms with E-state index in [4.69, 9.17) is 4.74 Å². The van der Waals surface area contributed by atoms with E-state index >= 15 is 0 Å². The Labute approximate surface area is 122 Å². The second kappa shape index (κ2) is 6.18. The molecule has 0 bridgehead atoms. The van der Waals surface area contributed by atoms with E-state index in [1.54, 1.807) is 6.92 Å². The van der Waals surface area contributed by atoms with Crippen LogP contribution in [0.3, 0.4) is 0 Å². The molecule has 0 radical (unpaired) electrons. The lowest BCUT2D eigenvalue weighted by Gasteiger charge is -2.44. The Bertz CT molecular complexity index is 372. The number of hydrogen-bond acceptors (Lipinski definition) is 2. The summed E-state index contributed by atoms with van der Waals surface area (Å²) < 4.78 is 72.6. The molecule has 0 aromatic heterocycles. The number of alkyl halides is 5. The molecule has 0 N–H and O–H groups in total. The van der Waals surface area contributed by atoms with Crippen LogP contribution in [0, 0.1) is 10.8 Å². The molecule has 0 aliphatic carbocycles. The zero-order chi connectivity index (χ0) is 17.3. The number of carbonyl (C=O) groups is 1. The smallest absolute Gasteiger partial charge is 0.371 e. The number of halogens is 5. The van der Waals surface area contributed by atoms with Crippen molar-refractivity contribution in [1.29, 1.82) is 0 Å². The molecule has 0 heterocycles. The maximum absolute atomic E-state index is 14.4. The molecule has 0 aliphatic heterocycles. The lowest BCUT2D eigenvalue weighted by atomic mass is 9.67. The minimum Gasteiger partial charge on any atom is -0.371 e. The summed E-state index contributed by atoms with van der Waals surface area (Å²) in [6.07, 6.45) is -5.75. The highest BCUT2D eigenvalue weighted by Gasteiger charge is 2.70. The molecule has 1 atom stereocenters. The quantitative estimate of drug-likeness (QED) is 0.640. The Balaban J connectivity index is 5.52. The van der Waals surface area contributed by atoms with Crippen LogP contribution < -0.4 is 0 Å². The molecule has 0 aliphatic rings. The number of carbonyl (C=O) groups excluding carboxylic acids is 1. The molecule has 0 aromatic carbocycles. The lowest BCUT2D eigenvalue weighted by molar-refractivity contribution is -0.309. The fourth-order valence-corrected chi connectivity index (χ4v) is 1.99. The molecule has 0 saturated heterocycles. The summed E-state index contributed by atoms with van der Waals surface area (Å²) in [4.78, 5) is 12.1. The summed E-state index contributed by atoms with van der Waals surface area (Å²) in [7, 11) is 0. The van der Waals surface area contributed by atoms with Crippen molar-refractivity contribution in [2.45, 2.75) is 66.2 Å². The van der Waals surface area contributed by atoms with Crippen LogP contribution >= 0.6 is 0 Å². The van der Waals surface area contributed by atoms with Crippen molar-refractivity contribution in [2.75, 3.05) is 6.61 Å². The maximum atomic E-state index is 14.4. The Kier molecular flexibility index (Phi) is 5.97. The van der Waals surface area contributed by atoms with Crippen molar-refractivity contribution >= 4 is 5.78 Å². The molecule has 7 heteroatoms. The largest absolute Gasteiger partial charge is 0.399 e. The lowest BCUT2D eigenvalue weighted by Crippen LogP contribution is -2.59. The first kappa shape index (κ1) is 20.3. The van der Waals surface area contributed by atoms with Gasteiger partial charge in [0.25, 0.3) is 5.92 Å². The molecule has 0 spiro atoms. The predicted molar refractivity (Wildman–Crippen MR) is 69.3 cm³/mol. The molecular formula is C14H23F5O2. The standard InChI is InChI=1S/C14H23F5O2/c1-7-8-21-9(2)10(20)11(3,4)13(15,16)12(5,6)14(17,18)19/h9H,7-8H2,1-6H3. The van der Waals surface area contributed by atoms with Gasteiger partial charge in [0.2, 0.25) is 0 Å². The first-order chi connectivity index (χ1) is 9.14. The third-order valence-electron chi connectivity index (χ3n) is 3.84. The summed E-state index contributed by atoms with van der Waals surface area (Å²) >= 11 is 0. The van der Waals surface area contributed by atoms with Gasteiger partial charge < -0.3 is 4.74 Å². The van der Waals surface area contributed by atoms with E-state index in [2.05, 4.69) is 0 Å². The van der Waals surface area contributed by atoms with Gasteiger partial charge in [-0.2, -0.15) is 13.2 Å². The molecule has 0 fully saturated rings. The van der Waals surface area contributed by atoms with Crippen LogP contribution in [0.1, 0.15) is 48.0 Å². The number of ketones is 1. The average Bonchev–Trinajstić information content (AvgIpc) is 2.32. The minimum absolute atomic E-state index is 0.178. The Morgan fingerprint density at radius 2 is 1.48 bits per heavy atom. The fourth-order valence-electron chi connectivity index (χ4n) is 1.99. The first-order valence-corrected chi connectivity index (χ1v) is 6.75. The van der Waals surface area contributed by atoms with Gasteiger partial charge >= 0.3 is 6.18 Å². The summed E-state index contributed by atoms with van der Waals surface area (Å²) in [6, 6.07) is 0. The van der Waals surface area contributed by atoms with Gasteiger partial charge in [0.1, 0.15) is 11.5 Å². The second-order valence-corrected chi connectivity index (χ2v) is 6.20. The van der Waals surface area contributed by atoms with Crippen LogP contribution in [0.25, 0.3) is 0 Å². The van der Waals surface area contributed by atoms with Gasteiger partial charge in [-0.15, -0.1) is 0 Å². The van der Waals surface area contributed by atoms with Gasteiger partial charge in [0, 0.05) is 6.61 Å². The summed E-state index contributed by atoms with van der Waals surface area (Å²) in [5, 5.41) is 0. The van der Waals surface area contributed by atoms with Gasteiger partial charge in [-0.1, -0.05) is 6.92 Å². The van der Waals surface area contributed by atoms with Crippen molar-refractivity contribution in [3.8, 4) is 0 Å². The van der Waals surface area contributed by atoms with E-state index in [1.807, 2.05) is 0 Å². The van der Waals surface area contributed by atoms with E-state index < -0.39 is 34.8 Å². The van der Waals surface area contributed by atoms with Crippen LogP contribution in [-0.4, -0.2) is 30.6 Å². The van der Waals surface area contributed by atoms with E-state index in [0.717, 1.165) is 13.8 Å². The summed E-state index contributed by atoms with van der Waals surface area (Å²) in [5.74, 6) is -5.32. The highest BCUT2D eigenvalue weighted by molar-refractivity contribution is 5.89. The Morgan fingerprint density at radius 1 is 1.05 bits per heavy atom. The zero-order valence-electron chi connectivity index (χ0n) is 13.2. The minimum atomic E-state index is -5.14. The molecule has 21 heavy (non-hydrogen) atoms. The summed E-state index contributed by atoms with van der Waals surface area (Å²) in [6.45, 7) is 5.68. The fraction of sp³-hybridized carbons (Fsp3) is 0.929. The summed E-state index contributed by atoms with van der Waals surface area (Å²) in [5.41, 5.74) is -5.83. The highest BCUT2D eigenvalue weighted by Crippen LogP contribution is 2.56. The molecule has 126 valence electrons. The molecule has 0 aromatic rings. The predicted octanol–water partition coefficient (Wildman–Crippen LogP) is 4.62. The van der Waals surface area contributed by atoms with Crippen LogP contribution in [-0.2, 0) is 9.53 Å². The molecule has 2 nitrogen and oxygen atoms in total. The molecule has 0 rings (SSSR count). The second-order valence-electron chi connectivity index (χ2n) is 6.20. The van der Waals surface area contributed by atoms with E-state index in [-0.39, 0.29) is 6.61 Å². The Morgan fingerprint density at radius 3 is 1.81 bits per heavy atom. The number of rotatable bonds is 7. The van der Waals surface area contributed by atoms with Crippen LogP contribution in [0.15, 0.2) is 0 Å². The van der Waals surface area contributed by atoms with Crippen molar-refractivity contribution in [1.82, 2.24) is 0 Å². The van der Waals surface area contributed by atoms with Crippen molar-refractivity contribution < 1.29 is 31.5 Å². The van der Waals surface area contributed by atoms with Crippen molar-refractivity contribution in [3.05, 3.63) is 0 Å². The molecule has 0 amide bonds. The van der Waals surface area contributed by atoms with Gasteiger partial charge in [-0.05, 0) is 41.0 Å². The SMILES string of the molecule is CCCOC(C)C(=O)C(C)(C)C(F)(F)C(C)(C)C(F)(F)F. The highest BCUT2D eigenvalue weighted by atomic mass is 19.4. The van der Waals surface area contributed by atoms with Crippen LogP contribution in [0.4, 0.5) is 22.0 Å². The zero-order valence-corrected chi connectivity index (χ0v) is 13.2. The molecule has 0 saturated carbocycles. The van der Waals surface area contributed by atoms with E-state index in [9.17, 15) is 26.7 Å². The monoisotopic (exact) mass is 318 g/mol. The van der Waals surface area contributed by atoms with Gasteiger partial charge in [0.05, 0.1) is 5.41 Å².